The first kappa shape index (κ1) is 21.5. The number of fused-ring (bicyclic) bond motifs is 1. The molecule has 1 N–H and O–H groups in total. The van der Waals surface area contributed by atoms with Crippen molar-refractivity contribution in [1.82, 2.24) is 9.88 Å². The van der Waals surface area contributed by atoms with E-state index in [1.54, 1.807) is 31.6 Å². The topological polar surface area (TPSA) is 95.3 Å². The summed E-state index contributed by atoms with van der Waals surface area (Å²) in [6.45, 7) is 2.85. The van der Waals surface area contributed by atoms with Crippen LogP contribution in [0.25, 0.3) is 6.08 Å². The smallest absolute Gasteiger partial charge is 0.409 e. The minimum absolute atomic E-state index is 0.214. The van der Waals surface area contributed by atoms with Gasteiger partial charge >= 0.3 is 6.09 Å². The van der Waals surface area contributed by atoms with E-state index < -0.39 is 0 Å². The van der Waals surface area contributed by atoms with E-state index in [9.17, 15) is 14.9 Å². The number of aromatic nitrogens is 1. The molecule has 0 aromatic carbocycles. The summed E-state index contributed by atoms with van der Waals surface area (Å²) in [6.07, 6.45) is 8.45. The van der Waals surface area contributed by atoms with Gasteiger partial charge in [-0.2, -0.15) is 5.26 Å². The molecule has 0 fully saturated rings. The van der Waals surface area contributed by atoms with Crippen LogP contribution in [0.1, 0.15) is 34.9 Å². The third-order valence-corrected chi connectivity index (χ3v) is 6.23. The number of nitriles is 1. The molecule has 1 aliphatic rings. The van der Waals surface area contributed by atoms with Crippen LogP contribution >= 0.6 is 11.3 Å². The second-order valence-electron chi connectivity index (χ2n) is 7.13. The van der Waals surface area contributed by atoms with Gasteiger partial charge < -0.3 is 15.0 Å². The van der Waals surface area contributed by atoms with Crippen LogP contribution in [-0.2, 0) is 22.4 Å². The van der Waals surface area contributed by atoms with E-state index in [1.165, 1.54) is 22.3 Å². The molecular formula is C22H24N4O3S. The number of carbonyl (C=O) groups excluding carboxylic acids is 2. The van der Waals surface area contributed by atoms with Crippen LogP contribution in [0.2, 0.25) is 0 Å². The Kier molecular flexibility index (Phi) is 7.20. The van der Waals surface area contributed by atoms with Crippen LogP contribution < -0.4 is 5.32 Å². The maximum Gasteiger partial charge on any atom is 0.409 e. The lowest BCUT2D eigenvalue weighted by molar-refractivity contribution is -0.111. The highest BCUT2D eigenvalue weighted by Crippen LogP contribution is 2.39. The van der Waals surface area contributed by atoms with Crippen LogP contribution in [0, 0.1) is 17.2 Å². The van der Waals surface area contributed by atoms with Crippen molar-refractivity contribution < 1.29 is 14.3 Å². The maximum atomic E-state index is 12.3. The van der Waals surface area contributed by atoms with Gasteiger partial charge in [0, 0.05) is 36.9 Å². The van der Waals surface area contributed by atoms with Gasteiger partial charge in [-0.1, -0.05) is 6.07 Å². The molecule has 1 atom stereocenters. The fraction of sp³-hybridized carbons (Fsp3) is 0.364. The maximum absolute atomic E-state index is 12.3. The van der Waals surface area contributed by atoms with Crippen molar-refractivity contribution in [2.24, 2.45) is 5.92 Å². The molecule has 7 nitrogen and oxygen atoms in total. The molecule has 0 saturated heterocycles. The summed E-state index contributed by atoms with van der Waals surface area (Å²) < 4.78 is 5.39. The molecule has 0 spiro atoms. The van der Waals surface area contributed by atoms with E-state index in [0.717, 1.165) is 35.3 Å². The first-order valence-electron chi connectivity index (χ1n) is 9.83. The fourth-order valence-corrected chi connectivity index (χ4v) is 4.55. The number of thiophene rings is 1. The zero-order chi connectivity index (χ0) is 21.5. The van der Waals surface area contributed by atoms with Gasteiger partial charge in [-0.15, -0.1) is 11.3 Å². The fourth-order valence-electron chi connectivity index (χ4n) is 3.23. The predicted molar refractivity (Wildman–Crippen MR) is 116 cm³/mol. The molecule has 30 heavy (non-hydrogen) atoms. The Morgan fingerprint density at radius 2 is 2.33 bits per heavy atom. The van der Waals surface area contributed by atoms with Gasteiger partial charge in [0.25, 0.3) is 0 Å². The monoisotopic (exact) mass is 424 g/mol. The van der Waals surface area contributed by atoms with Crippen molar-refractivity contribution in [3.63, 3.8) is 0 Å². The van der Waals surface area contributed by atoms with Crippen LogP contribution in [0.4, 0.5) is 9.80 Å². The number of pyridine rings is 1. The number of rotatable bonds is 6. The van der Waals surface area contributed by atoms with Crippen molar-refractivity contribution in [3.8, 4) is 6.07 Å². The molecule has 2 aromatic rings. The quantitative estimate of drug-likeness (QED) is 0.711. The number of ether oxygens (including phenoxy) is 1. The summed E-state index contributed by atoms with van der Waals surface area (Å²) in [4.78, 5) is 30.8. The number of hydrogen-bond donors (Lipinski definition) is 1. The molecule has 0 saturated carbocycles. The predicted octanol–water partition coefficient (Wildman–Crippen LogP) is 3.86. The third-order valence-electron chi connectivity index (χ3n) is 5.06. The van der Waals surface area contributed by atoms with Gasteiger partial charge in [-0.3, -0.25) is 9.78 Å². The molecule has 8 heteroatoms. The average Bonchev–Trinajstić information content (AvgIpc) is 3.12. The molecule has 2 aromatic heterocycles. The molecule has 2 heterocycles. The van der Waals surface area contributed by atoms with Crippen molar-refractivity contribution in [2.45, 2.75) is 26.2 Å². The Balaban J connectivity index is 1.64. The van der Waals surface area contributed by atoms with Gasteiger partial charge in [-0.05, 0) is 55.4 Å². The van der Waals surface area contributed by atoms with Crippen molar-refractivity contribution in [3.05, 3.63) is 52.2 Å². The lowest BCUT2D eigenvalue weighted by Gasteiger charge is -2.23. The standard InChI is InChI=1S/C22H24N4O3S/c1-3-26(2)22(28)29-14-16-6-8-17-18(12-23)21(30-19(17)11-16)25-20(27)9-7-15-5-4-10-24-13-15/h4-5,7,9-10,13,16H,3,6,8,11,14H2,1-2H3,(H,25,27). The summed E-state index contributed by atoms with van der Waals surface area (Å²) >= 11 is 1.43. The molecule has 3 rings (SSSR count). The molecule has 1 unspecified atom stereocenters. The van der Waals surface area contributed by atoms with E-state index in [1.807, 2.05) is 13.0 Å². The van der Waals surface area contributed by atoms with Crippen molar-refractivity contribution in [2.75, 3.05) is 25.5 Å². The lowest BCUT2D eigenvalue weighted by atomic mass is 9.88. The number of carbonyl (C=O) groups is 2. The van der Waals surface area contributed by atoms with Gasteiger partial charge in [0.15, 0.2) is 0 Å². The molecule has 1 aliphatic carbocycles. The molecule has 156 valence electrons. The molecular weight excluding hydrogens is 400 g/mol. The Bertz CT molecular complexity index is 978. The second-order valence-corrected chi connectivity index (χ2v) is 8.23. The lowest BCUT2D eigenvalue weighted by Crippen LogP contribution is -2.29. The Morgan fingerprint density at radius 3 is 3.03 bits per heavy atom. The first-order chi connectivity index (χ1) is 14.5. The van der Waals surface area contributed by atoms with Crippen LogP contribution in [0.5, 0.6) is 0 Å². The average molecular weight is 425 g/mol. The van der Waals surface area contributed by atoms with E-state index in [2.05, 4.69) is 16.4 Å². The molecule has 0 bridgehead atoms. The second kappa shape index (κ2) is 10.0. The van der Waals surface area contributed by atoms with Gasteiger partial charge in [0.2, 0.25) is 5.91 Å². The highest BCUT2D eigenvalue weighted by molar-refractivity contribution is 7.16. The normalized spacial score (nSPS) is 15.3. The minimum atomic E-state index is -0.319. The number of nitrogens with one attached hydrogen (secondary N) is 1. The summed E-state index contributed by atoms with van der Waals surface area (Å²) in [6, 6.07) is 5.89. The Hall–Kier alpha value is -3.18. The molecule has 2 amide bonds. The largest absolute Gasteiger partial charge is 0.449 e. The molecule has 0 aliphatic heterocycles. The summed E-state index contributed by atoms with van der Waals surface area (Å²) in [5, 5.41) is 13.0. The van der Waals surface area contributed by atoms with E-state index in [0.29, 0.717) is 23.7 Å². The zero-order valence-electron chi connectivity index (χ0n) is 17.1. The highest BCUT2D eigenvalue weighted by atomic mass is 32.1. The minimum Gasteiger partial charge on any atom is -0.449 e. The Morgan fingerprint density at radius 1 is 1.50 bits per heavy atom. The molecule has 0 radical (unpaired) electrons. The van der Waals surface area contributed by atoms with Gasteiger partial charge in [0.05, 0.1) is 12.2 Å². The van der Waals surface area contributed by atoms with Crippen molar-refractivity contribution in [1.29, 1.82) is 5.26 Å². The third kappa shape index (κ3) is 5.24. The number of amides is 2. The first-order valence-corrected chi connectivity index (χ1v) is 10.6. The van der Waals surface area contributed by atoms with Crippen LogP contribution in [-0.4, -0.2) is 42.1 Å². The van der Waals surface area contributed by atoms with Crippen LogP contribution in [0.15, 0.2) is 30.6 Å². The SMILES string of the molecule is CCN(C)C(=O)OCC1CCc2c(sc(NC(=O)C=Cc3cccnc3)c2C#N)C1. The van der Waals surface area contributed by atoms with Gasteiger partial charge in [0.1, 0.15) is 11.1 Å². The zero-order valence-corrected chi connectivity index (χ0v) is 17.9. The highest BCUT2D eigenvalue weighted by Gasteiger charge is 2.27. The summed E-state index contributed by atoms with van der Waals surface area (Å²) in [7, 11) is 1.71. The summed E-state index contributed by atoms with van der Waals surface area (Å²) in [5.74, 6) is -0.0760. The van der Waals surface area contributed by atoms with E-state index in [4.69, 9.17) is 4.74 Å². The van der Waals surface area contributed by atoms with Crippen LogP contribution in [0.3, 0.4) is 0 Å². The number of anilines is 1. The van der Waals surface area contributed by atoms with E-state index >= 15 is 0 Å². The van der Waals surface area contributed by atoms with Gasteiger partial charge in [-0.25, -0.2) is 4.79 Å². The van der Waals surface area contributed by atoms with Crippen molar-refractivity contribution >= 4 is 34.4 Å². The Labute approximate surface area is 180 Å². The summed E-state index contributed by atoms with van der Waals surface area (Å²) in [5.41, 5.74) is 2.37. The number of nitrogens with zero attached hydrogens (tertiary/aromatic N) is 3. The number of hydrogen-bond acceptors (Lipinski definition) is 6. The van der Waals surface area contributed by atoms with E-state index in [-0.39, 0.29) is 17.9 Å².